The average Bonchev–Trinajstić information content (AvgIpc) is 2.18. The molecule has 0 bridgehead atoms. The van der Waals surface area contributed by atoms with E-state index in [9.17, 15) is 9.59 Å². The number of nitrogens with one attached hydrogen (secondary N) is 1. The normalized spacial score (nSPS) is 14.0. The smallest absolute Gasteiger partial charge is 0.410 e. The van der Waals surface area contributed by atoms with Crippen LogP contribution in [0.2, 0.25) is 0 Å². The predicted molar refractivity (Wildman–Crippen MR) is 83.9 cm³/mol. The van der Waals surface area contributed by atoms with E-state index in [2.05, 4.69) is 5.32 Å². The van der Waals surface area contributed by atoms with Gasteiger partial charge in [-0.25, -0.2) is 4.79 Å². The molecule has 0 fully saturated rings. The Labute approximate surface area is 128 Å². The van der Waals surface area contributed by atoms with Crippen molar-refractivity contribution in [2.75, 3.05) is 6.54 Å². The number of rotatable bonds is 5. The zero-order valence-corrected chi connectivity index (χ0v) is 14.6. The van der Waals surface area contributed by atoms with Crippen LogP contribution in [0.1, 0.15) is 55.4 Å². The van der Waals surface area contributed by atoms with Crippen molar-refractivity contribution in [1.29, 1.82) is 0 Å². The number of ether oxygens (including phenoxy) is 1. The number of primary amides is 1. The Morgan fingerprint density at radius 3 is 1.90 bits per heavy atom. The van der Waals surface area contributed by atoms with Crippen LogP contribution in [0.3, 0.4) is 0 Å². The van der Waals surface area contributed by atoms with Gasteiger partial charge in [0.25, 0.3) is 0 Å². The summed E-state index contributed by atoms with van der Waals surface area (Å²) < 4.78 is 5.42. The first-order valence-electron chi connectivity index (χ1n) is 7.30. The van der Waals surface area contributed by atoms with Crippen molar-refractivity contribution in [3.05, 3.63) is 0 Å². The number of nitrogens with two attached hydrogens (primary N) is 1. The monoisotopic (exact) mass is 301 g/mol. The highest BCUT2D eigenvalue weighted by molar-refractivity contribution is 5.81. The molecule has 0 rings (SSSR count). The van der Waals surface area contributed by atoms with Crippen molar-refractivity contribution in [2.24, 2.45) is 5.73 Å². The minimum absolute atomic E-state index is 0.0861. The van der Waals surface area contributed by atoms with Gasteiger partial charge in [-0.3, -0.25) is 4.79 Å². The van der Waals surface area contributed by atoms with Crippen LogP contribution in [0, 0.1) is 0 Å². The van der Waals surface area contributed by atoms with E-state index < -0.39 is 29.2 Å². The fraction of sp³-hybridized carbons (Fsp3) is 0.867. The maximum Gasteiger partial charge on any atom is 0.410 e. The molecule has 0 spiro atoms. The molecule has 0 heterocycles. The van der Waals surface area contributed by atoms with E-state index in [0.29, 0.717) is 0 Å². The fourth-order valence-corrected chi connectivity index (χ4v) is 1.75. The molecule has 0 aromatic rings. The first-order chi connectivity index (χ1) is 9.24. The highest BCUT2D eigenvalue weighted by Gasteiger charge is 2.34. The average molecular weight is 301 g/mol. The van der Waals surface area contributed by atoms with Gasteiger partial charge in [-0.05, 0) is 41.5 Å². The Kier molecular flexibility index (Phi) is 6.67. The summed E-state index contributed by atoms with van der Waals surface area (Å²) in [5.41, 5.74) is 4.36. The number of nitrogens with zero attached hydrogens (tertiary/aromatic N) is 1. The molecule has 1 unspecified atom stereocenters. The van der Waals surface area contributed by atoms with Crippen molar-refractivity contribution in [1.82, 2.24) is 10.2 Å². The lowest BCUT2D eigenvalue weighted by atomic mass is 10.0. The predicted octanol–water partition coefficient (Wildman–Crippen LogP) is 1.87. The molecule has 0 radical (unpaired) electrons. The fourth-order valence-electron chi connectivity index (χ4n) is 1.75. The second kappa shape index (κ2) is 7.11. The third-order valence-corrected chi connectivity index (χ3v) is 2.67. The van der Waals surface area contributed by atoms with Crippen molar-refractivity contribution >= 4 is 12.0 Å². The second-order valence-electron chi connectivity index (χ2n) is 7.54. The van der Waals surface area contributed by atoms with Crippen LogP contribution < -0.4 is 11.1 Å². The van der Waals surface area contributed by atoms with Crippen molar-refractivity contribution < 1.29 is 14.3 Å². The molecule has 0 saturated carbocycles. The maximum absolute atomic E-state index is 12.4. The van der Waals surface area contributed by atoms with Gasteiger partial charge >= 0.3 is 6.09 Å². The quantitative estimate of drug-likeness (QED) is 0.812. The van der Waals surface area contributed by atoms with Crippen LogP contribution in [0.25, 0.3) is 0 Å². The molecule has 0 aliphatic rings. The molecule has 21 heavy (non-hydrogen) atoms. The second-order valence-corrected chi connectivity index (χ2v) is 7.54. The summed E-state index contributed by atoms with van der Waals surface area (Å²) in [5.74, 6) is -0.485. The zero-order valence-electron chi connectivity index (χ0n) is 14.6. The number of hydrogen-bond acceptors (Lipinski definition) is 4. The van der Waals surface area contributed by atoms with Gasteiger partial charge in [0.1, 0.15) is 11.6 Å². The molecule has 0 aliphatic carbocycles. The van der Waals surface area contributed by atoms with Gasteiger partial charge in [0.2, 0.25) is 5.91 Å². The molecule has 124 valence electrons. The van der Waals surface area contributed by atoms with E-state index >= 15 is 0 Å². The van der Waals surface area contributed by atoms with Crippen LogP contribution in [0.5, 0.6) is 0 Å². The summed E-state index contributed by atoms with van der Waals surface area (Å²) in [6.45, 7) is 15.1. The minimum Gasteiger partial charge on any atom is -0.444 e. The summed E-state index contributed by atoms with van der Waals surface area (Å²) in [4.78, 5) is 25.5. The van der Waals surface area contributed by atoms with Gasteiger partial charge in [-0.2, -0.15) is 0 Å². The molecule has 6 nitrogen and oxygen atoms in total. The Balaban J connectivity index is 5.16. The van der Waals surface area contributed by atoms with E-state index in [1.807, 2.05) is 55.4 Å². The Bertz CT molecular complexity index is 367. The molecular weight excluding hydrogens is 270 g/mol. The van der Waals surface area contributed by atoms with E-state index in [1.54, 1.807) is 0 Å². The zero-order chi connectivity index (χ0) is 17.0. The number of amides is 2. The largest absolute Gasteiger partial charge is 0.444 e. The van der Waals surface area contributed by atoms with Crippen molar-refractivity contribution in [3.8, 4) is 0 Å². The summed E-state index contributed by atoms with van der Waals surface area (Å²) in [7, 11) is 0. The van der Waals surface area contributed by atoms with Crippen molar-refractivity contribution in [3.63, 3.8) is 0 Å². The van der Waals surface area contributed by atoms with Gasteiger partial charge in [0.15, 0.2) is 0 Å². The molecule has 1 atom stereocenters. The number of carbonyl (C=O) groups excluding carboxylic acids is 2. The summed E-state index contributed by atoms with van der Waals surface area (Å²) in [6, 6.07) is -0.528. The number of carbonyl (C=O) groups is 2. The van der Waals surface area contributed by atoms with E-state index in [1.165, 1.54) is 4.90 Å². The van der Waals surface area contributed by atoms with Gasteiger partial charge in [0.05, 0.1) is 0 Å². The lowest BCUT2D eigenvalue weighted by Gasteiger charge is -2.38. The van der Waals surface area contributed by atoms with E-state index in [4.69, 9.17) is 10.5 Å². The third kappa shape index (κ3) is 7.90. The molecular formula is C15H31N3O3. The Hall–Kier alpha value is -1.30. The van der Waals surface area contributed by atoms with Gasteiger partial charge in [-0.15, -0.1) is 0 Å². The summed E-state index contributed by atoms with van der Waals surface area (Å²) in [6.07, 6.45) is -0.452. The SMILES string of the molecule is CC(C)NC(CN(C(=O)OC(C)(C)C)C(C)(C)C)C(N)=O. The molecule has 6 heteroatoms. The summed E-state index contributed by atoms with van der Waals surface area (Å²) >= 11 is 0. The first-order valence-corrected chi connectivity index (χ1v) is 7.30. The topological polar surface area (TPSA) is 84.7 Å². The first kappa shape index (κ1) is 19.7. The van der Waals surface area contributed by atoms with Gasteiger partial charge in [-0.1, -0.05) is 13.8 Å². The molecule has 2 amide bonds. The van der Waals surface area contributed by atoms with Crippen LogP contribution >= 0.6 is 0 Å². The van der Waals surface area contributed by atoms with E-state index in [-0.39, 0.29) is 12.6 Å². The lowest BCUT2D eigenvalue weighted by molar-refractivity contribution is -0.120. The van der Waals surface area contributed by atoms with Crippen LogP contribution in [-0.2, 0) is 9.53 Å². The standard InChI is InChI=1S/C15H31N3O3/c1-10(2)17-11(12(16)19)9-18(14(3,4)5)13(20)21-15(6,7)8/h10-11,17H,9H2,1-8H3,(H2,16,19). The number of hydrogen-bond donors (Lipinski definition) is 2. The van der Waals surface area contributed by atoms with Gasteiger partial charge in [0, 0.05) is 18.1 Å². The van der Waals surface area contributed by atoms with Crippen LogP contribution in [0.15, 0.2) is 0 Å². The molecule has 0 aromatic heterocycles. The minimum atomic E-state index is -0.614. The third-order valence-electron chi connectivity index (χ3n) is 2.67. The highest BCUT2D eigenvalue weighted by Crippen LogP contribution is 2.19. The summed E-state index contributed by atoms with van der Waals surface area (Å²) in [5, 5.41) is 3.08. The molecule has 3 N–H and O–H groups in total. The van der Waals surface area contributed by atoms with E-state index in [0.717, 1.165) is 0 Å². The molecule has 0 saturated heterocycles. The lowest BCUT2D eigenvalue weighted by Crippen LogP contribution is -2.57. The van der Waals surface area contributed by atoms with Crippen LogP contribution in [0.4, 0.5) is 4.79 Å². The Morgan fingerprint density at radius 2 is 1.62 bits per heavy atom. The molecule has 0 aromatic carbocycles. The highest BCUT2D eigenvalue weighted by atomic mass is 16.6. The van der Waals surface area contributed by atoms with Gasteiger partial charge < -0.3 is 20.7 Å². The van der Waals surface area contributed by atoms with Crippen molar-refractivity contribution in [2.45, 2.75) is 78.6 Å². The van der Waals surface area contributed by atoms with Crippen LogP contribution in [-0.4, -0.2) is 46.7 Å². The molecule has 0 aliphatic heterocycles. The maximum atomic E-state index is 12.4. The Morgan fingerprint density at radius 1 is 1.14 bits per heavy atom.